The number of rotatable bonds is 4. The number of aromatic nitrogens is 2. The van der Waals surface area contributed by atoms with Gasteiger partial charge in [0.1, 0.15) is 0 Å². The minimum Gasteiger partial charge on any atom is -0.289 e. The Morgan fingerprint density at radius 3 is 1.33 bits per heavy atom. The zero-order valence-electron chi connectivity index (χ0n) is 15.9. The van der Waals surface area contributed by atoms with Gasteiger partial charge >= 0.3 is 0 Å². The SMILES string of the molecule is O=C(c1ccc(C(=O)c2cnc3ccccc3c2)cc1)c1cnc2ccccc2c1. The second-order valence-electron chi connectivity index (χ2n) is 7.07. The average Bonchev–Trinajstić information content (AvgIpc) is 2.82. The number of hydrogen-bond acceptors (Lipinski definition) is 4. The van der Waals surface area contributed by atoms with Crippen molar-refractivity contribution in [3.05, 3.63) is 120 Å². The Balaban J connectivity index is 1.42. The molecule has 4 heteroatoms. The molecule has 4 nitrogen and oxygen atoms in total. The van der Waals surface area contributed by atoms with Crippen LogP contribution < -0.4 is 0 Å². The lowest BCUT2D eigenvalue weighted by Gasteiger charge is -2.06. The van der Waals surface area contributed by atoms with Crippen LogP contribution in [0.25, 0.3) is 21.8 Å². The van der Waals surface area contributed by atoms with Crippen molar-refractivity contribution in [2.75, 3.05) is 0 Å². The topological polar surface area (TPSA) is 59.9 Å². The number of pyridine rings is 2. The first kappa shape index (κ1) is 17.9. The van der Waals surface area contributed by atoms with Crippen molar-refractivity contribution in [3.8, 4) is 0 Å². The molecule has 0 saturated heterocycles. The Morgan fingerprint density at radius 1 is 0.500 bits per heavy atom. The molecular weight excluding hydrogens is 372 g/mol. The molecule has 0 aliphatic rings. The van der Waals surface area contributed by atoms with E-state index in [4.69, 9.17) is 0 Å². The van der Waals surface area contributed by atoms with Crippen LogP contribution in [0.1, 0.15) is 31.8 Å². The van der Waals surface area contributed by atoms with Gasteiger partial charge in [0.05, 0.1) is 11.0 Å². The predicted octanol–water partition coefficient (Wildman–Crippen LogP) is 5.25. The minimum atomic E-state index is -0.125. The zero-order valence-corrected chi connectivity index (χ0v) is 15.9. The predicted molar refractivity (Wildman–Crippen MR) is 117 cm³/mol. The molecule has 0 fully saturated rings. The van der Waals surface area contributed by atoms with E-state index < -0.39 is 0 Å². The molecule has 5 aromatic rings. The fourth-order valence-corrected chi connectivity index (χ4v) is 3.50. The van der Waals surface area contributed by atoms with E-state index in [1.807, 2.05) is 60.7 Å². The molecule has 5 rings (SSSR count). The van der Waals surface area contributed by atoms with Crippen LogP contribution in [0.4, 0.5) is 0 Å². The van der Waals surface area contributed by atoms with E-state index in [1.54, 1.807) is 36.7 Å². The van der Waals surface area contributed by atoms with E-state index in [1.165, 1.54) is 0 Å². The summed E-state index contributed by atoms with van der Waals surface area (Å²) >= 11 is 0. The summed E-state index contributed by atoms with van der Waals surface area (Å²) in [5.41, 5.74) is 3.76. The number of fused-ring (bicyclic) bond motifs is 2. The Kier molecular flexibility index (Phi) is 4.37. The molecule has 2 heterocycles. The van der Waals surface area contributed by atoms with E-state index in [0.717, 1.165) is 21.8 Å². The van der Waals surface area contributed by atoms with Crippen LogP contribution in [0, 0.1) is 0 Å². The molecule has 0 unspecified atom stereocenters. The van der Waals surface area contributed by atoms with E-state index >= 15 is 0 Å². The first-order chi connectivity index (χ1) is 14.7. The van der Waals surface area contributed by atoms with Gasteiger partial charge in [-0.05, 0) is 24.3 Å². The molecule has 0 amide bonds. The lowest BCUT2D eigenvalue weighted by atomic mass is 9.99. The molecule has 0 spiro atoms. The number of carbonyl (C=O) groups excluding carboxylic acids is 2. The van der Waals surface area contributed by atoms with Gasteiger partial charge in [-0.3, -0.25) is 19.6 Å². The Hall–Kier alpha value is -4.18. The van der Waals surface area contributed by atoms with Crippen LogP contribution in [0.5, 0.6) is 0 Å². The summed E-state index contributed by atoms with van der Waals surface area (Å²) in [6, 6.07) is 25.7. The number of nitrogens with zero attached hydrogens (tertiary/aromatic N) is 2. The first-order valence-electron chi connectivity index (χ1n) is 9.58. The van der Waals surface area contributed by atoms with Gasteiger partial charge in [-0.2, -0.15) is 0 Å². The molecule has 0 bridgehead atoms. The van der Waals surface area contributed by atoms with Crippen molar-refractivity contribution in [2.45, 2.75) is 0 Å². The number of hydrogen-bond donors (Lipinski definition) is 0. The highest BCUT2D eigenvalue weighted by atomic mass is 16.1. The maximum Gasteiger partial charge on any atom is 0.194 e. The van der Waals surface area contributed by atoms with Gasteiger partial charge in [-0.15, -0.1) is 0 Å². The summed E-state index contributed by atoms with van der Waals surface area (Å²) in [5.74, 6) is -0.251. The van der Waals surface area contributed by atoms with E-state index in [-0.39, 0.29) is 11.6 Å². The van der Waals surface area contributed by atoms with Crippen LogP contribution in [0.15, 0.2) is 97.3 Å². The zero-order chi connectivity index (χ0) is 20.5. The van der Waals surface area contributed by atoms with Crippen LogP contribution in [0.3, 0.4) is 0 Å². The quantitative estimate of drug-likeness (QED) is 0.395. The molecule has 0 aliphatic carbocycles. The molecule has 30 heavy (non-hydrogen) atoms. The van der Waals surface area contributed by atoms with Crippen LogP contribution in [-0.4, -0.2) is 21.5 Å². The van der Waals surface area contributed by atoms with Gasteiger partial charge in [-0.1, -0.05) is 60.7 Å². The molecule has 142 valence electrons. The maximum absolute atomic E-state index is 12.9. The maximum atomic E-state index is 12.9. The molecule has 2 aromatic heterocycles. The molecular formula is C26H16N2O2. The number of benzene rings is 3. The summed E-state index contributed by atoms with van der Waals surface area (Å²) in [4.78, 5) is 34.4. The van der Waals surface area contributed by atoms with Gasteiger partial charge in [0.2, 0.25) is 0 Å². The third-order valence-electron chi connectivity index (χ3n) is 5.11. The fraction of sp³-hybridized carbons (Fsp3) is 0. The molecule has 0 saturated carbocycles. The largest absolute Gasteiger partial charge is 0.289 e. The van der Waals surface area contributed by atoms with Crippen molar-refractivity contribution in [3.63, 3.8) is 0 Å². The number of ketones is 2. The second-order valence-corrected chi connectivity index (χ2v) is 7.07. The normalized spacial score (nSPS) is 10.9. The first-order valence-corrected chi connectivity index (χ1v) is 9.58. The Labute approximate surface area is 172 Å². The standard InChI is InChI=1S/C26H16N2O2/c29-25(21-13-19-5-1-3-7-23(19)27-15-21)17-9-11-18(12-10-17)26(30)22-14-20-6-2-4-8-24(20)28-16-22/h1-16H. The van der Waals surface area contributed by atoms with Gasteiger partial charge in [0.25, 0.3) is 0 Å². The van der Waals surface area contributed by atoms with Gasteiger partial charge < -0.3 is 0 Å². The molecule has 0 atom stereocenters. The van der Waals surface area contributed by atoms with Crippen molar-refractivity contribution >= 4 is 33.4 Å². The summed E-state index contributed by atoms with van der Waals surface area (Å²) in [5, 5.41) is 1.83. The van der Waals surface area contributed by atoms with Gasteiger partial charge in [0, 0.05) is 45.4 Å². The Bertz CT molecular complexity index is 1310. The highest BCUT2D eigenvalue weighted by Crippen LogP contribution is 2.19. The highest BCUT2D eigenvalue weighted by Gasteiger charge is 2.14. The lowest BCUT2D eigenvalue weighted by molar-refractivity contribution is 0.102. The summed E-state index contributed by atoms with van der Waals surface area (Å²) < 4.78 is 0. The van der Waals surface area contributed by atoms with Crippen molar-refractivity contribution in [1.29, 1.82) is 0 Å². The van der Waals surface area contributed by atoms with Gasteiger partial charge in [0.15, 0.2) is 11.6 Å². The highest BCUT2D eigenvalue weighted by molar-refractivity contribution is 6.12. The van der Waals surface area contributed by atoms with Gasteiger partial charge in [-0.25, -0.2) is 0 Å². The molecule has 0 aliphatic heterocycles. The third-order valence-corrected chi connectivity index (χ3v) is 5.11. The van der Waals surface area contributed by atoms with E-state index in [9.17, 15) is 9.59 Å². The van der Waals surface area contributed by atoms with Crippen LogP contribution >= 0.6 is 0 Å². The number of carbonyl (C=O) groups is 2. The summed E-state index contributed by atoms with van der Waals surface area (Å²) in [7, 11) is 0. The van der Waals surface area contributed by atoms with Crippen molar-refractivity contribution < 1.29 is 9.59 Å². The van der Waals surface area contributed by atoms with Crippen LogP contribution in [0.2, 0.25) is 0 Å². The average molecular weight is 388 g/mol. The van der Waals surface area contributed by atoms with Crippen molar-refractivity contribution in [1.82, 2.24) is 9.97 Å². The van der Waals surface area contributed by atoms with E-state index in [2.05, 4.69) is 9.97 Å². The second kappa shape index (κ2) is 7.33. The fourth-order valence-electron chi connectivity index (χ4n) is 3.50. The number of para-hydroxylation sites is 2. The monoisotopic (exact) mass is 388 g/mol. The Morgan fingerprint density at radius 2 is 0.900 bits per heavy atom. The smallest absolute Gasteiger partial charge is 0.194 e. The molecule has 3 aromatic carbocycles. The molecule has 0 N–H and O–H groups in total. The van der Waals surface area contributed by atoms with Crippen molar-refractivity contribution in [2.24, 2.45) is 0 Å². The molecule has 0 radical (unpaired) electrons. The summed E-state index contributed by atoms with van der Waals surface area (Å²) in [6.45, 7) is 0. The minimum absolute atomic E-state index is 0.125. The summed E-state index contributed by atoms with van der Waals surface area (Å²) in [6.07, 6.45) is 3.18. The van der Waals surface area contributed by atoms with E-state index in [0.29, 0.717) is 22.3 Å². The van der Waals surface area contributed by atoms with Crippen LogP contribution in [-0.2, 0) is 0 Å². The third kappa shape index (κ3) is 3.25. The lowest BCUT2D eigenvalue weighted by Crippen LogP contribution is -2.05.